The van der Waals surface area contributed by atoms with E-state index in [0.29, 0.717) is 10.7 Å². The van der Waals surface area contributed by atoms with E-state index < -0.39 is 10.8 Å². The monoisotopic (exact) mass is 454 g/mol. The van der Waals surface area contributed by atoms with Crippen LogP contribution in [-0.2, 0) is 13.1 Å². The molecule has 0 aliphatic carbocycles. The Morgan fingerprint density at radius 2 is 2.19 bits per heavy atom. The average Bonchev–Trinajstić information content (AvgIpc) is 3.21. The Kier molecular flexibility index (Phi) is 5.51. The molecule has 27 heavy (non-hydrogen) atoms. The number of rotatable bonds is 6. The van der Waals surface area contributed by atoms with Gasteiger partial charge in [0, 0.05) is 11.6 Å². The smallest absolute Gasteiger partial charge is 0.358 e. The maximum atomic E-state index is 12.1. The molecule has 0 unspecified atom stereocenters. The van der Waals surface area contributed by atoms with Gasteiger partial charge >= 0.3 is 17.6 Å². The zero-order chi connectivity index (χ0) is 19.6. The maximum Gasteiger partial charge on any atom is 0.404 e. The number of nitro groups is 1. The van der Waals surface area contributed by atoms with Crippen molar-refractivity contribution in [2.24, 2.45) is 0 Å². The van der Waals surface area contributed by atoms with Crippen molar-refractivity contribution in [2.45, 2.75) is 20.0 Å². The van der Waals surface area contributed by atoms with Gasteiger partial charge in [0.25, 0.3) is 0 Å². The molecule has 0 atom stereocenters. The summed E-state index contributed by atoms with van der Waals surface area (Å²) < 4.78 is 6.57. The standard InChI is InChI=1S/C15H12BrClN6O4/c1-8-12(16)13(23(25)26)20-22(8)7-11-19-15(27-21-11)14(24)18-6-9-4-2-3-5-10(9)17/h2-5H,6-7H2,1H3,(H,18,24). The summed E-state index contributed by atoms with van der Waals surface area (Å²) in [4.78, 5) is 26.5. The van der Waals surface area contributed by atoms with Crippen LogP contribution in [0.5, 0.6) is 0 Å². The molecule has 0 aliphatic heterocycles. The highest BCUT2D eigenvalue weighted by atomic mass is 79.9. The summed E-state index contributed by atoms with van der Waals surface area (Å²) in [7, 11) is 0. The van der Waals surface area contributed by atoms with Crippen LogP contribution in [0.2, 0.25) is 5.02 Å². The van der Waals surface area contributed by atoms with Crippen molar-refractivity contribution in [2.75, 3.05) is 0 Å². The Bertz CT molecular complexity index is 1020. The molecule has 0 spiro atoms. The number of carbonyl (C=O) groups is 1. The lowest BCUT2D eigenvalue weighted by atomic mass is 10.2. The molecule has 3 aromatic rings. The van der Waals surface area contributed by atoms with Crippen LogP contribution in [0, 0.1) is 17.0 Å². The third-order valence-electron chi connectivity index (χ3n) is 3.64. The topological polar surface area (TPSA) is 129 Å². The summed E-state index contributed by atoms with van der Waals surface area (Å²) >= 11 is 9.16. The Labute approximate surface area is 165 Å². The van der Waals surface area contributed by atoms with Gasteiger partial charge in [-0.3, -0.25) is 4.79 Å². The second-order valence-corrected chi connectivity index (χ2v) is 6.63. The van der Waals surface area contributed by atoms with Crippen LogP contribution in [0.1, 0.15) is 27.8 Å². The van der Waals surface area contributed by atoms with Crippen molar-refractivity contribution in [3.8, 4) is 0 Å². The lowest BCUT2D eigenvalue weighted by molar-refractivity contribution is -0.390. The Morgan fingerprint density at radius 3 is 2.85 bits per heavy atom. The average molecular weight is 456 g/mol. The van der Waals surface area contributed by atoms with Crippen LogP contribution in [0.3, 0.4) is 0 Å². The molecule has 1 N–H and O–H groups in total. The van der Waals surface area contributed by atoms with E-state index in [1.165, 1.54) is 4.68 Å². The van der Waals surface area contributed by atoms with Gasteiger partial charge in [0.1, 0.15) is 11.0 Å². The van der Waals surface area contributed by atoms with Crippen molar-refractivity contribution >= 4 is 39.3 Å². The van der Waals surface area contributed by atoms with Gasteiger partial charge in [-0.1, -0.05) is 35.0 Å². The molecule has 0 aliphatic rings. The number of carbonyl (C=O) groups excluding carboxylic acids is 1. The van der Waals surface area contributed by atoms with Gasteiger partial charge in [0.05, 0.1) is 10.8 Å². The number of benzene rings is 1. The highest BCUT2D eigenvalue weighted by Gasteiger charge is 2.25. The first-order chi connectivity index (χ1) is 12.9. The quantitative estimate of drug-likeness (QED) is 0.447. The largest absolute Gasteiger partial charge is 0.404 e. The molecule has 1 amide bonds. The fourth-order valence-electron chi connectivity index (χ4n) is 2.22. The molecular formula is C15H12BrClN6O4. The Hall–Kier alpha value is -2.79. The minimum absolute atomic E-state index is 0.0135. The molecule has 2 aromatic heterocycles. The van der Waals surface area contributed by atoms with E-state index in [1.807, 2.05) is 6.07 Å². The SMILES string of the molecule is Cc1c(Br)c([N+](=O)[O-])nn1Cc1noc(C(=O)NCc2ccccc2Cl)n1. The summed E-state index contributed by atoms with van der Waals surface area (Å²) in [5, 5.41) is 21.7. The molecule has 2 heterocycles. The Balaban J connectivity index is 1.68. The van der Waals surface area contributed by atoms with Crippen molar-refractivity contribution in [1.29, 1.82) is 0 Å². The van der Waals surface area contributed by atoms with Crippen LogP contribution in [0.25, 0.3) is 0 Å². The molecular weight excluding hydrogens is 444 g/mol. The van der Waals surface area contributed by atoms with Gasteiger partial charge in [0.2, 0.25) is 0 Å². The molecule has 0 saturated carbocycles. The summed E-state index contributed by atoms with van der Waals surface area (Å²) in [6.45, 7) is 1.87. The van der Waals surface area contributed by atoms with Crippen LogP contribution >= 0.6 is 27.5 Å². The van der Waals surface area contributed by atoms with Crippen molar-refractivity contribution < 1.29 is 14.2 Å². The zero-order valence-corrected chi connectivity index (χ0v) is 16.2. The van der Waals surface area contributed by atoms with Gasteiger partial charge in [-0.05, 0) is 39.4 Å². The molecule has 140 valence electrons. The van der Waals surface area contributed by atoms with E-state index in [4.69, 9.17) is 16.1 Å². The summed E-state index contributed by atoms with van der Waals surface area (Å²) in [5.74, 6) is -0.937. The van der Waals surface area contributed by atoms with Gasteiger partial charge in [0.15, 0.2) is 5.82 Å². The van der Waals surface area contributed by atoms with Crippen LogP contribution in [0.4, 0.5) is 5.82 Å². The van der Waals surface area contributed by atoms with E-state index in [-0.39, 0.29) is 35.1 Å². The summed E-state index contributed by atoms with van der Waals surface area (Å²) in [6.07, 6.45) is 0. The third-order valence-corrected chi connectivity index (χ3v) is 4.94. The number of aromatic nitrogens is 4. The maximum absolute atomic E-state index is 12.1. The number of nitrogens with one attached hydrogen (secondary N) is 1. The normalized spacial score (nSPS) is 10.8. The van der Waals surface area contributed by atoms with Gasteiger partial charge in [-0.15, -0.1) is 0 Å². The molecule has 12 heteroatoms. The van der Waals surface area contributed by atoms with E-state index >= 15 is 0 Å². The minimum atomic E-state index is -0.600. The summed E-state index contributed by atoms with van der Waals surface area (Å²) in [5.41, 5.74) is 1.27. The predicted octanol–water partition coefficient (Wildman–Crippen LogP) is 2.88. The Morgan fingerprint density at radius 1 is 1.44 bits per heavy atom. The lowest BCUT2D eigenvalue weighted by Gasteiger charge is -2.04. The van der Waals surface area contributed by atoms with E-state index in [2.05, 4.69) is 36.5 Å². The summed E-state index contributed by atoms with van der Waals surface area (Å²) in [6, 6.07) is 7.10. The second kappa shape index (κ2) is 7.84. The van der Waals surface area contributed by atoms with Crippen LogP contribution in [-0.4, -0.2) is 30.8 Å². The third kappa shape index (κ3) is 4.14. The minimum Gasteiger partial charge on any atom is -0.358 e. The zero-order valence-electron chi connectivity index (χ0n) is 13.8. The van der Waals surface area contributed by atoms with E-state index in [1.54, 1.807) is 25.1 Å². The van der Waals surface area contributed by atoms with Gasteiger partial charge in [-0.2, -0.15) is 9.67 Å². The van der Waals surface area contributed by atoms with E-state index in [0.717, 1.165) is 5.56 Å². The first-order valence-corrected chi connectivity index (χ1v) is 8.75. The number of amides is 1. The molecule has 0 radical (unpaired) electrons. The van der Waals surface area contributed by atoms with Crippen LogP contribution in [0.15, 0.2) is 33.3 Å². The molecule has 3 rings (SSSR count). The highest BCUT2D eigenvalue weighted by Crippen LogP contribution is 2.27. The number of halogens is 2. The number of nitrogens with zero attached hydrogens (tertiary/aromatic N) is 5. The molecule has 0 saturated heterocycles. The predicted molar refractivity (Wildman–Crippen MR) is 97.3 cm³/mol. The molecule has 10 nitrogen and oxygen atoms in total. The van der Waals surface area contributed by atoms with Gasteiger partial charge < -0.3 is 20.0 Å². The first-order valence-electron chi connectivity index (χ1n) is 7.58. The fourth-order valence-corrected chi connectivity index (χ4v) is 2.85. The lowest BCUT2D eigenvalue weighted by Crippen LogP contribution is -2.23. The molecule has 1 aromatic carbocycles. The van der Waals surface area contributed by atoms with Crippen molar-refractivity contribution in [1.82, 2.24) is 25.2 Å². The first kappa shape index (κ1) is 19.0. The van der Waals surface area contributed by atoms with Crippen molar-refractivity contribution in [3.05, 3.63) is 66.8 Å². The molecule has 0 bridgehead atoms. The van der Waals surface area contributed by atoms with Gasteiger partial charge in [-0.25, -0.2) is 0 Å². The second-order valence-electron chi connectivity index (χ2n) is 5.43. The molecule has 0 fully saturated rings. The highest BCUT2D eigenvalue weighted by molar-refractivity contribution is 9.10. The van der Waals surface area contributed by atoms with Crippen LogP contribution < -0.4 is 5.32 Å². The van der Waals surface area contributed by atoms with E-state index in [9.17, 15) is 14.9 Å². The number of hydrogen-bond donors (Lipinski definition) is 1. The van der Waals surface area contributed by atoms with Crippen molar-refractivity contribution in [3.63, 3.8) is 0 Å². The number of hydrogen-bond acceptors (Lipinski definition) is 7. The fraction of sp³-hybridized carbons (Fsp3) is 0.200.